The van der Waals surface area contributed by atoms with Gasteiger partial charge < -0.3 is 15.2 Å². The highest BCUT2D eigenvalue weighted by atomic mass is 16.5. The van der Waals surface area contributed by atoms with Crippen molar-refractivity contribution >= 4 is 11.9 Å². The molecule has 2 atom stereocenters. The summed E-state index contributed by atoms with van der Waals surface area (Å²) in [5.74, 6) is -0.985. The summed E-state index contributed by atoms with van der Waals surface area (Å²) in [6.07, 6.45) is 0.676. The van der Waals surface area contributed by atoms with E-state index >= 15 is 0 Å². The van der Waals surface area contributed by atoms with Gasteiger partial charge in [-0.25, -0.2) is 4.79 Å². The Labute approximate surface area is 125 Å². The molecule has 0 bridgehead atoms. The van der Waals surface area contributed by atoms with Crippen LogP contribution in [0.1, 0.15) is 31.4 Å². The Kier molecular flexibility index (Phi) is 6.21. The van der Waals surface area contributed by atoms with Crippen LogP contribution in [-0.4, -0.2) is 29.6 Å². The zero-order valence-corrected chi connectivity index (χ0v) is 13.0. The second kappa shape index (κ2) is 7.67. The van der Waals surface area contributed by atoms with Crippen LogP contribution in [-0.2, 0) is 9.59 Å². The van der Waals surface area contributed by atoms with E-state index in [0.717, 1.165) is 11.1 Å². The topological polar surface area (TPSA) is 75.6 Å². The Bertz CT molecular complexity index is 513. The second-order valence-electron chi connectivity index (χ2n) is 5.30. The molecule has 0 aliphatic heterocycles. The number of hydrogen-bond donors (Lipinski definition) is 2. The maximum atomic E-state index is 11.8. The van der Waals surface area contributed by atoms with Crippen LogP contribution in [0.3, 0.4) is 0 Å². The molecule has 0 radical (unpaired) electrons. The molecule has 1 aromatic carbocycles. The zero-order chi connectivity index (χ0) is 16.0. The maximum absolute atomic E-state index is 11.8. The lowest BCUT2D eigenvalue weighted by molar-refractivity contribution is -0.143. The SMILES string of the molecule is CCC(C)C(NC(=O)COc1ccc(C)c(C)c1)C(=O)O. The largest absolute Gasteiger partial charge is 0.484 e. The summed E-state index contributed by atoms with van der Waals surface area (Å²) in [6, 6.07) is 4.68. The Morgan fingerprint density at radius 1 is 1.29 bits per heavy atom. The maximum Gasteiger partial charge on any atom is 0.326 e. The molecule has 5 nitrogen and oxygen atoms in total. The molecule has 21 heavy (non-hydrogen) atoms. The zero-order valence-electron chi connectivity index (χ0n) is 13.0. The summed E-state index contributed by atoms with van der Waals surface area (Å²) in [6.45, 7) is 7.45. The molecule has 0 aromatic heterocycles. The minimum absolute atomic E-state index is 0.131. The van der Waals surface area contributed by atoms with Crippen LogP contribution in [0.2, 0.25) is 0 Å². The Morgan fingerprint density at radius 3 is 2.48 bits per heavy atom. The number of aliphatic carboxylic acids is 1. The highest BCUT2D eigenvalue weighted by Gasteiger charge is 2.25. The number of hydrogen-bond acceptors (Lipinski definition) is 3. The molecule has 0 aliphatic carbocycles. The molecule has 0 saturated heterocycles. The average molecular weight is 293 g/mol. The number of nitrogens with one attached hydrogen (secondary N) is 1. The van der Waals surface area contributed by atoms with Gasteiger partial charge in [-0.1, -0.05) is 26.3 Å². The van der Waals surface area contributed by atoms with E-state index in [1.54, 1.807) is 13.0 Å². The molecule has 0 aliphatic rings. The molecular formula is C16H23NO4. The first-order valence-corrected chi connectivity index (χ1v) is 7.07. The molecule has 116 valence electrons. The fourth-order valence-electron chi connectivity index (χ4n) is 1.85. The van der Waals surface area contributed by atoms with E-state index in [4.69, 9.17) is 9.84 Å². The highest BCUT2D eigenvalue weighted by Crippen LogP contribution is 2.16. The number of carboxylic acids is 1. The number of carboxylic acid groups (broad SMARTS) is 1. The van der Waals surface area contributed by atoms with Gasteiger partial charge in [-0.05, 0) is 43.0 Å². The monoisotopic (exact) mass is 293 g/mol. The summed E-state index contributed by atoms with van der Waals surface area (Å²) < 4.78 is 5.39. The minimum atomic E-state index is -1.02. The van der Waals surface area contributed by atoms with Crippen molar-refractivity contribution in [3.05, 3.63) is 29.3 Å². The van der Waals surface area contributed by atoms with E-state index in [2.05, 4.69) is 5.32 Å². The molecule has 1 amide bonds. The number of ether oxygens (including phenoxy) is 1. The lowest BCUT2D eigenvalue weighted by Crippen LogP contribution is -2.46. The number of rotatable bonds is 7. The predicted octanol–water partition coefficient (Wildman–Crippen LogP) is 2.30. The summed E-state index contributed by atoms with van der Waals surface area (Å²) in [4.78, 5) is 22.9. The third-order valence-corrected chi connectivity index (χ3v) is 3.64. The van der Waals surface area contributed by atoms with Gasteiger partial charge in [-0.15, -0.1) is 0 Å². The van der Waals surface area contributed by atoms with E-state index in [-0.39, 0.29) is 12.5 Å². The molecule has 5 heteroatoms. The van der Waals surface area contributed by atoms with E-state index < -0.39 is 17.9 Å². The third kappa shape index (κ3) is 5.10. The quantitative estimate of drug-likeness (QED) is 0.809. The van der Waals surface area contributed by atoms with Crippen molar-refractivity contribution in [3.8, 4) is 5.75 Å². The van der Waals surface area contributed by atoms with Crippen LogP contribution < -0.4 is 10.1 Å². The summed E-state index contributed by atoms with van der Waals surface area (Å²) in [5, 5.41) is 11.6. The van der Waals surface area contributed by atoms with Crippen molar-refractivity contribution in [2.24, 2.45) is 5.92 Å². The van der Waals surface area contributed by atoms with Gasteiger partial charge in [-0.2, -0.15) is 0 Å². The lowest BCUT2D eigenvalue weighted by atomic mass is 9.99. The first-order valence-electron chi connectivity index (χ1n) is 7.07. The van der Waals surface area contributed by atoms with Crippen LogP contribution in [0.4, 0.5) is 0 Å². The second-order valence-corrected chi connectivity index (χ2v) is 5.30. The van der Waals surface area contributed by atoms with Gasteiger partial charge in [0.2, 0.25) is 0 Å². The van der Waals surface area contributed by atoms with Crippen molar-refractivity contribution in [1.29, 1.82) is 0 Å². The number of carbonyl (C=O) groups is 2. The van der Waals surface area contributed by atoms with Gasteiger partial charge in [0.1, 0.15) is 11.8 Å². The van der Waals surface area contributed by atoms with Crippen LogP contribution in [0.15, 0.2) is 18.2 Å². The first kappa shape index (κ1) is 17.0. The molecule has 0 heterocycles. The average Bonchev–Trinajstić information content (AvgIpc) is 2.44. The number of aryl methyl sites for hydroxylation is 2. The third-order valence-electron chi connectivity index (χ3n) is 3.64. The Balaban J connectivity index is 2.56. The number of benzene rings is 1. The summed E-state index contributed by atoms with van der Waals surface area (Å²) in [7, 11) is 0. The fourth-order valence-corrected chi connectivity index (χ4v) is 1.85. The normalized spacial score (nSPS) is 13.3. The van der Waals surface area contributed by atoms with Crippen LogP contribution >= 0.6 is 0 Å². The number of amides is 1. The highest BCUT2D eigenvalue weighted by molar-refractivity contribution is 5.84. The molecule has 0 fully saturated rings. The molecule has 0 saturated carbocycles. The van der Waals surface area contributed by atoms with Gasteiger partial charge >= 0.3 is 5.97 Å². The molecule has 2 N–H and O–H groups in total. The van der Waals surface area contributed by atoms with Gasteiger partial charge in [0.25, 0.3) is 5.91 Å². The summed E-state index contributed by atoms with van der Waals surface area (Å²) >= 11 is 0. The summed E-state index contributed by atoms with van der Waals surface area (Å²) in [5.41, 5.74) is 2.23. The molecule has 1 aromatic rings. The van der Waals surface area contributed by atoms with Crippen molar-refractivity contribution in [3.63, 3.8) is 0 Å². The van der Waals surface area contributed by atoms with Gasteiger partial charge in [0.15, 0.2) is 6.61 Å². The van der Waals surface area contributed by atoms with Gasteiger partial charge in [-0.3, -0.25) is 4.79 Å². The van der Waals surface area contributed by atoms with E-state index in [9.17, 15) is 9.59 Å². The minimum Gasteiger partial charge on any atom is -0.484 e. The molecule has 1 rings (SSSR count). The van der Waals surface area contributed by atoms with Crippen molar-refractivity contribution in [2.45, 2.75) is 40.2 Å². The van der Waals surface area contributed by atoms with E-state index in [0.29, 0.717) is 12.2 Å². The van der Waals surface area contributed by atoms with Crippen molar-refractivity contribution in [1.82, 2.24) is 5.32 Å². The lowest BCUT2D eigenvalue weighted by Gasteiger charge is -2.20. The first-order chi connectivity index (χ1) is 9.85. The van der Waals surface area contributed by atoms with E-state index in [1.807, 2.05) is 32.9 Å². The molecule has 0 spiro atoms. The van der Waals surface area contributed by atoms with Crippen molar-refractivity contribution in [2.75, 3.05) is 6.61 Å². The molecular weight excluding hydrogens is 270 g/mol. The standard InChI is InChI=1S/C16H23NO4/c1-5-10(2)15(16(19)20)17-14(18)9-21-13-7-6-11(3)12(4)8-13/h6-8,10,15H,5,9H2,1-4H3,(H,17,18)(H,19,20). The van der Waals surface area contributed by atoms with Crippen molar-refractivity contribution < 1.29 is 19.4 Å². The predicted molar refractivity (Wildman–Crippen MR) is 80.4 cm³/mol. The van der Waals surface area contributed by atoms with Crippen LogP contribution in [0.25, 0.3) is 0 Å². The Hall–Kier alpha value is -2.04. The van der Waals surface area contributed by atoms with Crippen LogP contribution in [0, 0.1) is 19.8 Å². The fraction of sp³-hybridized carbons (Fsp3) is 0.500. The van der Waals surface area contributed by atoms with Crippen LogP contribution in [0.5, 0.6) is 5.75 Å². The smallest absolute Gasteiger partial charge is 0.326 e. The van der Waals surface area contributed by atoms with E-state index in [1.165, 1.54) is 0 Å². The van der Waals surface area contributed by atoms with Gasteiger partial charge in [0, 0.05) is 0 Å². The Morgan fingerprint density at radius 2 is 1.95 bits per heavy atom. The number of carbonyl (C=O) groups excluding carboxylic acids is 1. The van der Waals surface area contributed by atoms with Gasteiger partial charge in [0.05, 0.1) is 0 Å². The molecule has 2 unspecified atom stereocenters.